The molecule has 30 heavy (non-hydrogen) atoms. The first kappa shape index (κ1) is 20.4. The van der Waals surface area contributed by atoms with Gasteiger partial charge < -0.3 is 19.9 Å². The Bertz CT molecular complexity index is 946. The predicted molar refractivity (Wildman–Crippen MR) is 111 cm³/mol. The lowest BCUT2D eigenvalue weighted by Crippen LogP contribution is -2.39. The molecule has 1 aliphatic carbocycles. The second-order valence-corrected chi connectivity index (χ2v) is 7.94. The van der Waals surface area contributed by atoms with Gasteiger partial charge in [0.1, 0.15) is 18.5 Å². The van der Waals surface area contributed by atoms with Crippen molar-refractivity contribution in [2.24, 2.45) is 0 Å². The Morgan fingerprint density at radius 1 is 1.20 bits per heavy atom. The fourth-order valence-electron chi connectivity index (χ4n) is 4.19. The van der Waals surface area contributed by atoms with Gasteiger partial charge in [-0.1, -0.05) is 30.3 Å². The molecule has 1 fully saturated rings. The summed E-state index contributed by atoms with van der Waals surface area (Å²) in [6, 6.07) is 16.6. The highest BCUT2D eigenvalue weighted by atomic mass is 16.5. The molecule has 1 unspecified atom stereocenters. The molecule has 0 saturated heterocycles. The smallest absolute Gasteiger partial charge is 0.303 e. The van der Waals surface area contributed by atoms with Gasteiger partial charge in [0.15, 0.2) is 0 Å². The molecule has 0 amide bonds. The van der Waals surface area contributed by atoms with Gasteiger partial charge in [-0.3, -0.25) is 4.79 Å². The van der Waals surface area contributed by atoms with Crippen molar-refractivity contribution >= 4 is 5.97 Å². The zero-order valence-corrected chi connectivity index (χ0v) is 16.8. The minimum absolute atomic E-state index is 0.0962. The van der Waals surface area contributed by atoms with Crippen LogP contribution < -0.4 is 10.1 Å². The zero-order valence-electron chi connectivity index (χ0n) is 16.8. The van der Waals surface area contributed by atoms with Crippen molar-refractivity contribution in [2.75, 3.05) is 13.2 Å². The van der Waals surface area contributed by atoms with Crippen molar-refractivity contribution in [3.8, 4) is 11.8 Å². The summed E-state index contributed by atoms with van der Waals surface area (Å²) < 4.78 is 11.5. The van der Waals surface area contributed by atoms with Gasteiger partial charge in [0.2, 0.25) is 0 Å². The Labute approximate surface area is 176 Å². The highest BCUT2D eigenvalue weighted by molar-refractivity contribution is 5.67. The van der Waals surface area contributed by atoms with E-state index in [-0.39, 0.29) is 31.3 Å². The number of aryl methyl sites for hydroxylation is 1. The Hall–Kier alpha value is -2.88. The average Bonchev–Trinajstić information content (AvgIpc) is 2.73. The van der Waals surface area contributed by atoms with Crippen molar-refractivity contribution in [3.63, 3.8) is 0 Å². The van der Waals surface area contributed by atoms with Crippen LogP contribution in [0.3, 0.4) is 0 Å². The highest BCUT2D eigenvalue weighted by Crippen LogP contribution is 2.33. The Kier molecular flexibility index (Phi) is 6.32. The summed E-state index contributed by atoms with van der Waals surface area (Å²) >= 11 is 0. The molecule has 1 atom stereocenters. The van der Waals surface area contributed by atoms with E-state index in [0.717, 1.165) is 42.7 Å². The molecule has 0 aromatic heterocycles. The largest absolute Gasteiger partial charge is 0.490 e. The van der Waals surface area contributed by atoms with Gasteiger partial charge in [-0.25, -0.2) is 0 Å². The molecule has 2 N–H and O–H groups in total. The predicted octanol–water partition coefficient (Wildman–Crippen LogP) is 3.39. The van der Waals surface area contributed by atoms with E-state index in [1.807, 2.05) is 24.3 Å². The summed E-state index contributed by atoms with van der Waals surface area (Å²) in [5, 5.41) is 21.1. The summed E-state index contributed by atoms with van der Waals surface area (Å²) in [6.07, 6.45) is 3.54. The van der Waals surface area contributed by atoms with E-state index in [2.05, 4.69) is 29.6 Å². The van der Waals surface area contributed by atoms with Gasteiger partial charge in [0.25, 0.3) is 0 Å². The lowest BCUT2D eigenvalue weighted by molar-refractivity contribution is -0.136. The fourth-order valence-corrected chi connectivity index (χ4v) is 4.19. The molecule has 0 bridgehead atoms. The van der Waals surface area contributed by atoms with Crippen molar-refractivity contribution in [3.05, 3.63) is 64.7 Å². The lowest BCUT2D eigenvalue weighted by atomic mass is 9.88. The average molecular weight is 406 g/mol. The summed E-state index contributed by atoms with van der Waals surface area (Å²) in [5.74, 6) is 0.0849. The maximum Gasteiger partial charge on any atom is 0.303 e. The first-order chi connectivity index (χ1) is 14.6. The van der Waals surface area contributed by atoms with Gasteiger partial charge in [0.05, 0.1) is 18.2 Å². The van der Waals surface area contributed by atoms with Crippen LogP contribution in [0.15, 0.2) is 42.5 Å². The topological polar surface area (TPSA) is 91.6 Å². The number of nitriles is 1. The number of benzene rings is 2. The molecule has 156 valence electrons. The maximum atomic E-state index is 10.9. The first-order valence-electron chi connectivity index (χ1n) is 10.4. The third-order valence-electron chi connectivity index (χ3n) is 5.82. The van der Waals surface area contributed by atoms with Crippen molar-refractivity contribution in [2.45, 2.75) is 50.4 Å². The Morgan fingerprint density at radius 2 is 2.07 bits per heavy atom. The third kappa shape index (κ3) is 4.81. The number of nitrogens with one attached hydrogen (secondary N) is 1. The van der Waals surface area contributed by atoms with Crippen LogP contribution in [0.5, 0.6) is 5.75 Å². The van der Waals surface area contributed by atoms with Gasteiger partial charge in [-0.15, -0.1) is 0 Å². The Balaban J connectivity index is 1.43. The van der Waals surface area contributed by atoms with Gasteiger partial charge in [-0.05, 0) is 47.2 Å². The molecule has 1 heterocycles. The van der Waals surface area contributed by atoms with Crippen LogP contribution in [0.2, 0.25) is 0 Å². The summed E-state index contributed by atoms with van der Waals surface area (Å²) in [7, 11) is 0. The van der Waals surface area contributed by atoms with Crippen molar-refractivity contribution in [1.29, 1.82) is 5.26 Å². The first-order valence-corrected chi connectivity index (χ1v) is 10.4. The number of ether oxygens (including phenoxy) is 2. The second kappa shape index (κ2) is 9.29. The molecule has 2 aromatic rings. The number of carboxylic acids is 1. The molecule has 1 saturated carbocycles. The minimum Gasteiger partial charge on any atom is -0.490 e. The number of aliphatic carboxylic acids is 1. The number of carboxylic acid groups (broad SMARTS) is 1. The molecule has 0 radical (unpaired) electrons. The van der Waals surface area contributed by atoms with E-state index in [4.69, 9.17) is 19.8 Å². The number of nitrogens with zero attached hydrogens (tertiary/aromatic N) is 1. The van der Waals surface area contributed by atoms with Crippen LogP contribution in [0.1, 0.15) is 47.6 Å². The minimum atomic E-state index is -0.765. The van der Waals surface area contributed by atoms with Crippen LogP contribution in [0, 0.1) is 11.3 Å². The van der Waals surface area contributed by atoms with Crippen LogP contribution in [0.25, 0.3) is 0 Å². The Morgan fingerprint density at radius 3 is 2.87 bits per heavy atom. The van der Waals surface area contributed by atoms with E-state index in [1.165, 1.54) is 11.1 Å². The van der Waals surface area contributed by atoms with Gasteiger partial charge >= 0.3 is 5.97 Å². The molecule has 0 spiro atoms. The number of carbonyl (C=O) groups is 1. The second-order valence-electron chi connectivity index (χ2n) is 7.94. The lowest BCUT2D eigenvalue weighted by Gasteiger charge is -2.35. The van der Waals surface area contributed by atoms with Crippen LogP contribution in [-0.2, 0) is 22.4 Å². The standard InChI is InChI=1S/C24H26N2O4/c25-9-11-29-20-14-21(15-20)30-19-3-1-2-18(13-19)24-22-6-4-16(5-7-23(27)28)12-17(22)8-10-26-24/h1-4,6,12-13,20-21,24,26H,5,7-8,10-11,14-15H2,(H,27,28). The summed E-state index contributed by atoms with van der Waals surface area (Å²) in [6.45, 7) is 1.02. The summed E-state index contributed by atoms with van der Waals surface area (Å²) in [5.41, 5.74) is 4.76. The quantitative estimate of drug-likeness (QED) is 0.698. The monoisotopic (exact) mass is 406 g/mol. The molecule has 1 aliphatic heterocycles. The van der Waals surface area contributed by atoms with E-state index in [0.29, 0.717) is 6.42 Å². The van der Waals surface area contributed by atoms with Crippen molar-refractivity contribution < 1.29 is 19.4 Å². The highest BCUT2D eigenvalue weighted by Gasteiger charge is 2.32. The van der Waals surface area contributed by atoms with E-state index < -0.39 is 5.97 Å². The number of hydrogen-bond donors (Lipinski definition) is 2. The van der Waals surface area contributed by atoms with Crippen LogP contribution in [-0.4, -0.2) is 36.4 Å². The fraction of sp³-hybridized carbons (Fsp3) is 0.417. The third-order valence-corrected chi connectivity index (χ3v) is 5.82. The van der Waals surface area contributed by atoms with Crippen LogP contribution in [0.4, 0.5) is 0 Å². The van der Waals surface area contributed by atoms with Gasteiger partial charge in [-0.2, -0.15) is 5.26 Å². The molecule has 6 heteroatoms. The normalized spacial score (nSPS) is 22.4. The molecule has 2 aliphatic rings. The molecule has 6 nitrogen and oxygen atoms in total. The SMILES string of the molecule is N#CCOC1CC(Oc2cccc(C3NCCc4cc(CCC(=O)O)ccc43)c2)C1. The maximum absolute atomic E-state index is 10.9. The van der Waals surface area contributed by atoms with E-state index >= 15 is 0 Å². The van der Waals surface area contributed by atoms with E-state index in [1.54, 1.807) is 0 Å². The van der Waals surface area contributed by atoms with Crippen LogP contribution >= 0.6 is 0 Å². The van der Waals surface area contributed by atoms with Crippen molar-refractivity contribution in [1.82, 2.24) is 5.32 Å². The molecule has 2 aromatic carbocycles. The van der Waals surface area contributed by atoms with Gasteiger partial charge in [0, 0.05) is 25.8 Å². The zero-order chi connectivity index (χ0) is 20.9. The summed E-state index contributed by atoms with van der Waals surface area (Å²) in [4.78, 5) is 10.9. The number of fused-ring (bicyclic) bond motifs is 1. The molecular weight excluding hydrogens is 380 g/mol. The van der Waals surface area contributed by atoms with E-state index in [9.17, 15) is 4.79 Å². The molecule has 4 rings (SSSR count). The number of rotatable bonds is 8. The number of hydrogen-bond acceptors (Lipinski definition) is 5. The molecular formula is C24H26N2O4.